The Labute approximate surface area is 74.8 Å². The molecule has 0 aromatic heterocycles. The second-order valence-electron chi connectivity index (χ2n) is 3.45. The maximum Gasteiger partial charge on any atom is 0.0906 e. The maximum absolute atomic E-state index is 6.99. The Morgan fingerprint density at radius 3 is 2.42 bits per heavy atom. The topological polar surface area (TPSA) is 59.1 Å². The van der Waals surface area contributed by atoms with Gasteiger partial charge in [0, 0.05) is 13.0 Å². The zero-order chi connectivity index (χ0) is 9.56. The van der Waals surface area contributed by atoms with Crippen LogP contribution in [0.3, 0.4) is 0 Å². The van der Waals surface area contributed by atoms with Gasteiger partial charge < -0.3 is 10.5 Å². The van der Waals surface area contributed by atoms with Crippen molar-refractivity contribution in [3.8, 4) is 0 Å². The molecule has 1 atom stereocenters. The van der Waals surface area contributed by atoms with Crippen LogP contribution in [0.2, 0.25) is 0 Å². The fraction of sp³-hybridized carbons (Fsp3) is 0.889. The SMILES string of the molecule is CC(C)C(C)OCCCC(=N)N. The third-order valence-corrected chi connectivity index (χ3v) is 1.91. The lowest BCUT2D eigenvalue weighted by molar-refractivity contribution is 0.0348. The van der Waals surface area contributed by atoms with E-state index < -0.39 is 0 Å². The standard InChI is InChI=1S/C9H20N2O/c1-7(2)8(3)12-6-4-5-9(10)11/h7-8H,4-6H2,1-3H3,(H3,10,11). The Bertz CT molecular complexity index is 134. The van der Waals surface area contributed by atoms with Gasteiger partial charge in [-0.15, -0.1) is 0 Å². The lowest BCUT2D eigenvalue weighted by Crippen LogP contribution is -2.17. The highest BCUT2D eigenvalue weighted by Crippen LogP contribution is 2.05. The van der Waals surface area contributed by atoms with E-state index in [2.05, 4.69) is 20.8 Å². The lowest BCUT2D eigenvalue weighted by Gasteiger charge is -2.16. The summed E-state index contributed by atoms with van der Waals surface area (Å²) >= 11 is 0. The molecule has 0 aromatic carbocycles. The summed E-state index contributed by atoms with van der Waals surface area (Å²) < 4.78 is 5.50. The van der Waals surface area contributed by atoms with E-state index in [1.54, 1.807) is 0 Å². The molecule has 72 valence electrons. The second-order valence-corrected chi connectivity index (χ2v) is 3.45. The molecule has 0 aliphatic heterocycles. The van der Waals surface area contributed by atoms with Crippen LogP contribution in [0.4, 0.5) is 0 Å². The van der Waals surface area contributed by atoms with Crippen LogP contribution in [0.1, 0.15) is 33.6 Å². The Kier molecular flexibility index (Phi) is 5.72. The van der Waals surface area contributed by atoms with Gasteiger partial charge in [0.05, 0.1) is 11.9 Å². The van der Waals surface area contributed by atoms with Crippen LogP contribution in [0.15, 0.2) is 0 Å². The summed E-state index contributed by atoms with van der Waals surface area (Å²) in [7, 11) is 0. The lowest BCUT2D eigenvalue weighted by atomic mass is 10.1. The van der Waals surface area contributed by atoms with Crippen molar-refractivity contribution in [1.82, 2.24) is 0 Å². The Balaban J connectivity index is 3.25. The van der Waals surface area contributed by atoms with Crippen molar-refractivity contribution in [3.05, 3.63) is 0 Å². The van der Waals surface area contributed by atoms with Crippen LogP contribution in [-0.4, -0.2) is 18.5 Å². The molecule has 0 spiro atoms. The molecule has 0 aromatic rings. The molecule has 0 fully saturated rings. The molecule has 12 heavy (non-hydrogen) atoms. The molecule has 0 rings (SSSR count). The van der Waals surface area contributed by atoms with Gasteiger partial charge in [-0.2, -0.15) is 0 Å². The van der Waals surface area contributed by atoms with Crippen LogP contribution in [-0.2, 0) is 4.74 Å². The molecule has 0 heterocycles. The average Bonchev–Trinajstić information content (AvgIpc) is 1.97. The van der Waals surface area contributed by atoms with Crippen molar-refractivity contribution < 1.29 is 4.74 Å². The average molecular weight is 172 g/mol. The zero-order valence-electron chi connectivity index (χ0n) is 8.26. The molecule has 3 N–H and O–H groups in total. The van der Waals surface area contributed by atoms with Crippen molar-refractivity contribution in [2.24, 2.45) is 11.7 Å². The van der Waals surface area contributed by atoms with E-state index in [0.717, 1.165) is 6.42 Å². The number of ether oxygens (including phenoxy) is 1. The van der Waals surface area contributed by atoms with Gasteiger partial charge in [0.15, 0.2) is 0 Å². The Morgan fingerprint density at radius 2 is 2.00 bits per heavy atom. The van der Waals surface area contributed by atoms with Crippen molar-refractivity contribution in [2.75, 3.05) is 6.61 Å². The molecular weight excluding hydrogens is 152 g/mol. The highest BCUT2D eigenvalue weighted by molar-refractivity contribution is 5.76. The first-order valence-electron chi connectivity index (χ1n) is 4.48. The van der Waals surface area contributed by atoms with Crippen molar-refractivity contribution in [2.45, 2.75) is 39.7 Å². The summed E-state index contributed by atoms with van der Waals surface area (Å²) in [5, 5.41) is 6.99. The van der Waals surface area contributed by atoms with Gasteiger partial charge in [-0.1, -0.05) is 13.8 Å². The zero-order valence-corrected chi connectivity index (χ0v) is 8.26. The summed E-state index contributed by atoms with van der Waals surface area (Å²) in [6.07, 6.45) is 1.80. The van der Waals surface area contributed by atoms with Gasteiger partial charge in [-0.3, -0.25) is 5.41 Å². The Morgan fingerprint density at radius 1 is 1.42 bits per heavy atom. The summed E-state index contributed by atoms with van der Waals surface area (Å²) in [4.78, 5) is 0. The number of amidine groups is 1. The van der Waals surface area contributed by atoms with Gasteiger partial charge in [-0.05, 0) is 19.3 Å². The normalized spacial score (nSPS) is 13.3. The summed E-state index contributed by atoms with van der Waals surface area (Å²) in [6, 6.07) is 0. The van der Waals surface area contributed by atoms with Gasteiger partial charge in [0.25, 0.3) is 0 Å². The minimum absolute atomic E-state index is 0.246. The predicted octanol–water partition coefficient (Wildman–Crippen LogP) is 1.76. The number of hydrogen-bond donors (Lipinski definition) is 2. The summed E-state index contributed by atoms with van der Waals surface area (Å²) in [6.45, 7) is 7.04. The molecular formula is C9H20N2O. The van der Waals surface area contributed by atoms with Gasteiger partial charge in [0.1, 0.15) is 0 Å². The number of hydrogen-bond acceptors (Lipinski definition) is 2. The molecule has 0 aliphatic carbocycles. The van der Waals surface area contributed by atoms with Crippen LogP contribution < -0.4 is 5.73 Å². The van der Waals surface area contributed by atoms with Crippen LogP contribution >= 0.6 is 0 Å². The largest absolute Gasteiger partial charge is 0.388 e. The Hall–Kier alpha value is -0.570. The van der Waals surface area contributed by atoms with E-state index in [1.807, 2.05) is 0 Å². The van der Waals surface area contributed by atoms with Crippen molar-refractivity contribution >= 4 is 5.84 Å². The molecule has 1 unspecified atom stereocenters. The monoisotopic (exact) mass is 172 g/mol. The molecule has 0 saturated heterocycles. The molecule has 0 amide bonds. The third kappa shape index (κ3) is 6.16. The van der Waals surface area contributed by atoms with Gasteiger partial charge in [-0.25, -0.2) is 0 Å². The molecule has 0 saturated carbocycles. The minimum atomic E-state index is 0.246. The molecule has 0 bridgehead atoms. The van der Waals surface area contributed by atoms with E-state index in [1.165, 1.54) is 0 Å². The first-order chi connectivity index (χ1) is 5.54. The number of rotatable bonds is 6. The van der Waals surface area contributed by atoms with E-state index in [9.17, 15) is 0 Å². The third-order valence-electron chi connectivity index (χ3n) is 1.91. The fourth-order valence-corrected chi connectivity index (χ4v) is 0.724. The van der Waals surface area contributed by atoms with Crippen molar-refractivity contribution in [3.63, 3.8) is 0 Å². The van der Waals surface area contributed by atoms with Crippen LogP contribution in [0, 0.1) is 11.3 Å². The van der Waals surface area contributed by atoms with Gasteiger partial charge >= 0.3 is 0 Å². The fourth-order valence-electron chi connectivity index (χ4n) is 0.724. The van der Waals surface area contributed by atoms with Gasteiger partial charge in [0.2, 0.25) is 0 Å². The quantitative estimate of drug-likeness (QED) is 0.364. The number of nitrogens with one attached hydrogen (secondary N) is 1. The van der Waals surface area contributed by atoms with Crippen LogP contribution in [0.5, 0.6) is 0 Å². The first kappa shape index (κ1) is 11.4. The molecule has 0 aliphatic rings. The molecule has 3 heteroatoms. The summed E-state index contributed by atoms with van der Waals surface area (Å²) in [5.74, 6) is 0.804. The molecule has 0 radical (unpaired) electrons. The summed E-state index contributed by atoms with van der Waals surface area (Å²) in [5.41, 5.74) is 5.20. The van der Waals surface area contributed by atoms with E-state index in [4.69, 9.17) is 15.9 Å². The minimum Gasteiger partial charge on any atom is -0.388 e. The highest BCUT2D eigenvalue weighted by atomic mass is 16.5. The van der Waals surface area contributed by atoms with Crippen LogP contribution in [0.25, 0.3) is 0 Å². The maximum atomic E-state index is 6.99. The highest BCUT2D eigenvalue weighted by Gasteiger charge is 2.05. The predicted molar refractivity (Wildman–Crippen MR) is 51.4 cm³/mol. The van der Waals surface area contributed by atoms with E-state index >= 15 is 0 Å². The smallest absolute Gasteiger partial charge is 0.0906 e. The first-order valence-corrected chi connectivity index (χ1v) is 4.48. The van der Waals surface area contributed by atoms with Crippen molar-refractivity contribution in [1.29, 1.82) is 5.41 Å². The molecule has 3 nitrogen and oxygen atoms in total. The second kappa shape index (κ2) is 6.00. The number of nitrogens with two attached hydrogens (primary N) is 1. The van der Waals surface area contributed by atoms with E-state index in [-0.39, 0.29) is 5.84 Å². The van der Waals surface area contributed by atoms with E-state index in [0.29, 0.717) is 25.0 Å².